The largest absolute Gasteiger partial charge is 0.350 e. The van der Waals surface area contributed by atoms with Crippen LogP contribution in [-0.2, 0) is 13.0 Å². The van der Waals surface area contributed by atoms with Crippen LogP contribution in [-0.4, -0.2) is 28.3 Å². The van der Waals surface area contributed by atoms with E-state index < -0.39 is 5.91 Å². The van der Waals surface area contributed by atoms with E-state index >= 15 is 0 Å². The average Bonchev–Trinajstić information content (AvgIpc) is 2.74. The van der Waals surface area contributed by atoms with E-state index in [1.807, 2.05) is 6.07 Å². The van der Waals surface area contributed by atoms with Gasteiger partial charge in [0.25, 0.3) is 11.8 Å². The number of nitrogens with zero attached hydrogens (tertiary/aromatic N) is 2. The highest BCUT2D eigenvalue weighted by molar-refractivity contribution is 5.98. The topological polar surface area (TPSA) is 84.0 Å². The molecule has 3 rings (SSSR count). The Hall–Kier alpha value is -3.61. The van der Waals surface area contributed by atoms with Crippen molar-refractivity contribution in [2.45, 2.75) is 13.0 Å². The summed E-state index contributed by atoms with van der Waals surface area (Å²) in [7, 11) is 0. The summed E-state index contributed by atoms with van der Waals surface area (Å²) in [4.78, 5) is 32.7. The summed E-state index contributed by atoms with van der Waals surface area (Å²) in [5, 5.41) is 5.44. The van der Waals surface area contributed by atoms with Crippen LogP contribution in [0.15, 0.2) is 67.0 Å². The second kappa shape index (κ2) is 9.36. The lowest BCUT2D eigenvalue weighted by Gasteiger charge is -2.08. The van der Waals surface area contributed by atoms with Gasteiger partial charge in [-0.05, 0) is 42.3 Å². The van der Waals surface area contributed by atoms with Crippen molar-refractivity contribution in [3.05, 3.63) is 95.3 Å². The highest BCUT2D eigenvalue weighted by Crippen LogP contribution is 2.07. The van der Waals surface area contributed by atoms with Crippen LogP contribution >= 0.6 is 0 Å². The fraction of sp³-hybridized carbons (Fsp3) is 0.143. The second-order valence-electron chi connectivity index (χ2n) is 6.03. The molecule has 0 saturated carbocycles. The maximum Gasteiger partial charge on any atom is 0.269 e. The van der Waals surface area contributed by atoms with Gasteiger partial charge >= 0.3 is 0 Å². The molecule has 2 aromatic heterocycles. The Morgan fingerprint density at radius 3 is 2.50 bits per heavy atom. The van der Waals surface area contributed by atoms with E-state index in [0.717, 1.165) is 5.69 Å². The number of carbonyl (C=O) groups is 2. The maximum absolute atomic E-state index is 13.6. The van der Waals surface area contributed by atoms with Gasteiger partial charge < -0.3 is 10.6 Å². The van der Waals surface area contributed by atoms with Crippen molar-refractivity contribution in [3.8, 4) is 0 Å². The first-order valence-electron chi connectivity index (χ1n) is 8.79. The van der Waals surface area contributed by atoms with Crippen molar-refractivity contribution < 1.29 is 14.0 Å². The monoisotopic (exact) mass is 378 g/mol. The van der Waals surface area contributed by atoms with Gasteiger partial charge in [-0.1, -0.05) is 24.3 Å². The Labute approximate surface area is 161 Å². The first-order chi connectivity index (χ1) is 13.6. The van der Waals surface area contributed by atoms with Crippen LogP contribution in [0.25, 0.3) is 0 Å². The zero-order valence-electron chi connectivity index (χ0n) is 15.1. The van der Waals surface area contributed by atoms with Crippen LogP contribution in [0.4, 0.5) is 4.39 Å². The van der Waals surface area contributed by atoms with E-state index in [-0.39, 0.29) is 30.5 Å². The lowest BCUT2D eigenvalue weighted by atomic mass is 10.1. The first-order valence-corrected chi connectivity index (χ1v) is 8.79. The van der Waals surface area contributed by atoms with Crippen LogP contribution in [0.1, 0.15) is 32.1 Å². The molecule has 142 valence electrons. The van der Waals surface area contributed by atoms with Crippen molar-refractivity contribution >= 4 is 11.8 Å². The lowest BCUT2D eigenvalue weighted by molar-refractivity contribution is 0.0949. The molecule has 0 aliphatic heterocycles. The number of nitrogens with one attached hydrogen (secondary N) is 2. The number of halogens is 1. The summed E-state index contributed by atoms with van der Waals surface area (Å²) >= 11 is 0. The first kappa shape index (κ1) is 19.2. The third-order valence-corrected chi connectivity index (χ3v) is 4.05. The van der Waals surface area contributed by atoms with Crippen LogP contribution in [0.2, 0.25) is 0 Å². The molecule has 2 heterocycles. The SMILES string of the molecule is O=C(NCc1ccccn1)c1ccnc(C(=O)NCCc2ccccc2F)c1. The summed E-state index contributed by atoms with van der Waals surface area (Å²) in [5.41, 5.74) is 1.71. The smallest absolute Gasteiger partial charge is 0.269 e. The van der Waals surface area contributed by atoms with E-state index in [2.05, 4.69) is 20.6 Å². The van der Waals surface area contributed by atoms with Gasteiger partial charge in [0.15, 0.2) is 0 Å². The molecule has 0 spiro atoms. The molecule has 0 aliphatic carbocycles. The highest BCUT2D eigenvalue weighted by Gasteiger charge is 2.12. The summed E-state index contributed by atoms with van der Waals surface area (Å²) in [5.74, 6) is -1.05. The molecular formula is C21H19FN4O2. The molecule has 0 radical (unpaired) electrons. The zero-order chi connectivity index (χ0) is 19.8. The van der Waals surface area contributed by atoms with Crippen molar-refractivity contribution in [2.24, 2.45) is 0 Å². The van der Waals surface area contributed by atoms with Crippen molar-refractivity contribution in [1.29, 1.82) is 0 Å². The molecule has 0 fully saturated rings. The molecule has 0 atom stereocenters. The minimum absolute atomic E-state index is 0.124. The molecule has 3 aromatic rings. The molecule has 1 aromatic carbocycles. The van der Waals surface area contributed by atoms with Gasteiger partial charge in [0.2, 0.25) is 0 Å². The van der Waals surface area contributed by atoms with Gasteiger partial charge in [-0.15, -0.1) is 0 Å². The Morgan fingerprint density at radius 1 is 0.893 bits per heavy atom. The number of aromatic nitrogens is 2. The fourth-order valence-corrected chi connectivity index (χ4v) is 2.57. The molecule has 6 nitrogen and oxygen atoms in total. The van der Waals surface area contributed by atoms with Gasteiger partial charge in [0.1, 0.15) is 11.5 Å². The number of amides is 2. The quantitative estimate of drug-likeness (QED) is 0.662. The summed E-state index contributed by atoms with van der Waals surface area (Å²) in [6.07, 6.45) is 3.42. The predicted molar refractivity (Wildman–Crippen MR) is 102 cm³/mol. The van der Waals surface area contributed by atoms with Crippen LogP contribution in [0, 0.1) is 5.82 Å². The standard InChI is InChI=1S/C21H19FN4O2/c22-18-7-2-1-5-15(18)8-12-25-21(28)19-13-16(9-11-24-19)20(27)26-14-17-6-3-4-10-23-17/h1-7,9-11,13H,8,12,14H2,(H,25,28)(H,26,27). The van der Waals surface area contributed by atoms with Gasteiger partial charge in [0, 0.05) is 24.5 Å². The minimum atomic E-state index is -0.421. The maximum atomic E-state index is 13.6. The number of pyridine rings is 2. The molecule has 28 heavy (non-hydrogen) atoms. The number of carbonyl (C=O) groups excluding carboxylic acids is 2. The van der Waals surface area contributed by atoms with E-state index in [4.69, 9.17) is 0 Å². The summed E-state index contributed by atoms with van der Waals surface area (Å²) in [6.45, 7) is 0.545. The Morgan fingerprint density at radius 2 is 1.71 bits per heavy atom. The normalized spacial score (nSPS) is 10.3. The minimum Gasteiger partial charge on any atom is -0.350 e. The Balaban J connectivity index is 1.55. The molecule has 0 aliphatic rings. The molecular weight excluding hydrogens is 359 g/mol. The van der Waals surface area contributed by atoms with Gasteiger partial charge in [-0.3, -0.25) is 19.6 Å². The van der Waals surface area contributed by atoms with Gasteiger partial charge in [0.05, 0.1) is 12.2 Å². The second-order valence-corrected chi connectivity index (χ2v) is 6.03. The predicted octanol–water partition coefficient (Wildman–Crippen LogP) is 2.52. The van der Waals surface area contributed by atoms with Gasteiger partial charge in [-0.2, -0.15) is 0 Å². The van der Waals surface area contributed by atoms with Crippen LogP contribution < -0.4 is 10.6 Å². The number of benzene rings is 1. The van der Waals surface area contributed by atoms with Gasteiger partial charge in [-0.25, -0.2) is 4.39 Å². The summed E-state index contributed by atoms with van der Waals surface area (Å²) < 4.78 is 13.6. The number of rotatable bonds is 7. The molecule has 0 bridgehead atoms. The fourth-order valence-electron chi connectivity index (χ4n) is 2.57. The van der Waals surface area contributed by atoms with Crippen LogP contribution in [0.3, 0.4) is 0 Å². The van der Waals surface area contributed by atoms with E-state index in [9.17, 15) is 14.0 Å². The third kappa shape index (κ3) is 5.20. The zero-order valence-corrected chi connectivity index (χ0v) is 15.1. The molecule has 0 saturated heterocycles. The highest BCUT2D eigenvalue weighted by atomic mass is 19.1. The Bertz CT molecular complexity index is 963. The molecule has 2 amide bonds. The number of hydrogen-bond donors (Lipinski definition) is 2. The third-order valence-electron chi connectivity index (χ3n) is 4.05. The van der Waals surface area contributed by atoms with Crippen molar-refractivity contribution in [2.75, 3.05) is 6.54 Å². The van der Waals surface area contributed by atoms with Crippen molar-refractivity contribution in [3.63, 3.8) is 0 Å². The van der Waals surface area contributed by atoms with Crippen LogP contribution in [0.5, 0.6) is 0 Å². The Kier molecular flexibility index (Phi) is 6.41. The van der Waals surface area contributed by atoms with E-state index in [0.29, 0.717) is 17.5 Å². The summed E-state index contributed by atoms with van der Waals surface area (Å²) in [6, 6.07) is 14.8. The molecule has 2 N–H and O–H groups in total. The lowest BCUT2D eigenvalue weighted by Crippen LogP contribution is -2.28. The van der Waals surface area contributed by atoms with E-state index in [1.165, 1.54) is 24.4 Å². The average molecular weight is 378 g/mol. The number of hydrogen-bond acceptors (Lipinski definition) is 4. The molecule has 7 heteroatoms. The van der Waals surface area contributed by atoms with Crippen molar-refractivity contribution in [1.82, 2.24) is 20.6 Å². The molecule has 0 unspecified atom stereocenters. The van der Waals surface area contributed by atoms with E-state index in [1.54, 1.807) is 36.5 Å².